The average Bonchev–Trinajstić information content (AvgIpc) is 3.16. The zero-order chi connectivity index (χ0) is 27.4. The lowest BCUT2D eigenvalue weighted by Crippen LogP contribution is -2.31. The van der Waals surface area contributed by atoms with E-state index in [1.165, 1.54) is 30.2 Å². The van der Waals surface area contributed by atoms with Crippen molar-refractivity contribution in [1.29, 1.82) is 0 Å². The van der Waals surface area contributed by atoms with Crippen molar-refractivity contribution in [3.63, 3.8) is 0 Å². The van der Waals surface area contributed by atoms with Gasteiger partial charge in [0.2, 0.25) is 5.91 Å². The molecule has 1 fully saturated rings. The highest BCUT2D eigenvalue weighted by Crippen LogP contribution is 2.35. The van der Waals surface area contributed by atoms with Crippen LogP contribution in [0.5, 0.6) is 5.75 Å². The lowest BCUT2D eigenvalue weighted by Gasteiger charge is -2.15. The molecule has 0 bridgehead atoms. The Bertz CT molecular complexity index is 1490. The van der Waals surface area contributed by atoms with Gasteiger partial charge < -0.3 is 15.2 Å². The number of benzene rings is 3. The predicted molar refractivity (Wildman–Crippen MR) is 155 cm³/mol. The van der Waals surface area contributed by atoms with Crippen molar-refractivity contribution in [2.75, 3.05) is 19.0 Å². The van der Waals surface area contributed by atoms with Gasteiger partial charge in [0.25, 0.3) is 5.91 Å². The fourth-order valence-corrected chi connectivity index (χ4v) is 5.42. The van der Waals surface area contributed by atoms with Crippen molar-refractivity contribution in [2.24, 2.45) is 0 Å². The van der Waals surface area contributed by atoms with Crippen LogP contribution in [-0.4, -0.2) is 45.8 Å². The van der Waals surface area contributed by atoms with E-state index in [1.807, 2.05) is 24.3 Å². The Labute approximate surface area is 238 Å². The lowest BCUT2D eigenvalue weighted by molar-refractivity contribution is -0.122. The molecule has 1 saturated heterocycles. The van der Waals surface area contributed by atoms with Crippen LogP contribution in [-0.2, 0) is 9.59 Å². The molecule has 1 heterocycles. The van der Waals surface area contributed by atoms with E-state index in [9.17, 15) is 14.4 Å². The number of amides is 2. The van der Waals surface area contributed by atoms with Crippen molar-refractivity contribution in [2.45, 2.75) is 6.42 Å². The maximum atomic E-state index is 13.1. The number of methoxy groups -OCH3 is 1. The number of aromatic carboxylic acids is 1. The van der Waals surface area contributed by atoms with Gasteiger partial charge in [0.15, 0.2) is 0 Å². The van der Waals surface area contributed by atoms with Gasteiger partial charge in [-0.25, -0.2) is 4.79 Å². The van der Waals surface area contributed by atoms with E-state index in [4.69, 9.17) is 45.3 Å². The summed E-state index contributed by atoms with van der Waals surface area (Å²) < 4.78 is 5.53. The number of carbonyl (C=O) groups is 3. The number of thiocarbonyl (C=S) groups is 1. The van der Waals surface area contributed by atoms with Gasteiger partial charge in [-0.15, -0.1) is 0 Å². The molecule has 0 radical (unpaired) electrons. The largest absolute Gasteiger partial charge is 0.495 e. The minimum Gasteiger partial charge on any atom is -0.495 e. The molecule has 3 aromatic carbocycles. The fourth-order valence-electron chi connectivity index (χ4n) is 3.71. The number of halogens is 2. The second-order valence-electron chi connectivity index (χ2n) is 8.10. The van der Waals surface area contributed by atoms with Gasteiger partial charge in [-0.1, -0.05) is 65.4 Å². The second kappa shape index (κ2) is 12.0. The van der Waals surface area contributed by atoms with Gasteiger partial charge in [-0.2, -0.15) is 0 Å². The van der Waals surface area contributed by atoms with Crippen LogP contribution in [0.2, 0.25) is 10.0 Å². The molecule has 7 nitrogen and oxygen atoms in total. The first-order valence-electron chi connectivity index (χ1n) is 11.2. The van der Waals surface area contributed by atoms with Crippen molar-refractivity contribution >= 4 is 81.0 Å². The summed E-state index contributed by atoms with van der Waals surface area (Å²) in [6.45, 7) is 0.0848. The Morgan fingerprint density at radius 3 is 2.66 bits per heavy atom. The minimum absolute atomic E-state index is 0.0215. The Balaban J connectivity index is 1.43. The summed E-state index contributed by atoms with van der Waals surface area (Å²) in [5.74, 6) is -1.56. The van der Waals surface area contributed by atoms with Gasteiger partial charge >= 0.3 is 5.97 Å². The van der Waals surface area contributed by atoms with Gasteiger partial charge in [0.1, 0.15) is 10.1 Å². The summed E-state index contributed by atoms with van der Waals surface area (Å²) in [5.41, 5.74) is 2.78. The second-order valence-corrected chi connectivity index (χ2v) is 10.6. The number of rotatable bonds is 8. The number of anilines is 1. The molecule has 0 unspecified atom stereocenters. The van der Waals surface area contributed by atoms with Crippen LogP contribution in [0, 0.1) is 0 Å². The van der Waals surface area contributed by atoms with Crippen molar-refractivity contribution in [3.8, 4) is 16.9 Å². The summed E-state index contributed by atoms with van der Waals surface area (Å²) >= 11 is 19.0. The molecular formula is C27H20Cl2N2O5S2. The molecule has 3 aromatic rings. The van der Waals surface area contributed by atoms with Gasteiger partial charge in [-0.3, -0.25) is 14.5 Å². The first-order chi connectivity index (χ1) is 18.2. The molecule has 0 spiro atoms. The third-order valence-electron chi connectivity index (χ3n) is 5.58. The number of carbonyl (C=O) groups excluding carboxylic acids is 2. The number of carboxylic acid groups (broad SMARTS) is 1. The maximum absolute atomic E-state index is 13.1. The SMILES string of the molecule is COc1cc(C(=O)O)ccc1NC(=O)CCN1C(=O)C(=Cc2cccc(-c3cc(Cl)ccc3Cl)c2)SC1=S. The number of carboxylic acids is 1. The Morgan fingerprint density at radius 1 is 1.13 bits per heavy atom. The lowest BCUT2D eigenvalue weighted by atomic mass is 10.0. The topological polar surface area (TPSA) is 95.9 Å². The van der Waals surface area contributed by atoms with Crippen LogP contribution in [0.25, 0.3) is 17.2 Å². The molecular weight excluding hydrogens is 567 g/mol. The Kier molecular flexibility index (Phi) is 8.73. The van der Waals surface area contributed by atoms with E-state index in [1.54, 1.807) is 24.3 Å². The standard InChI is InChI=1S/C27H20Cl2N2O5S2/c1-36-22-13-17(26(34)35)5-8-21(22)30-24(32)9-10-31-25(33)23(38-27(31)37)12-15-3-2-4-16(11-15)19-14-18(28)6-7-20(19)29/h2-8,11-14H,9-10H2,1H3,(H,30,32)(H,34,35). The van der Waals surface area contributed by atoms with Crippen LogP contribution in [0.3, 0.4) is 0 Å². The monoisotopic (exact) mass is 586 g/mol. The van der Waals surface area contributed by atoms with E-state index in [0.717, 1.165) is 28.5 Å². The van der Waals surface area contributed by atoms with E-state index >= 15 is 0 Å². The van der Waals surface area contributed by atoms with E-state index in [-0.39, 0.29) is 36.1 Å². The summed E-state index contributed by atoms with van der Waals surface area (Å²) in [7, 11) is 1.38. The molecule has 0 aromatic heterocycles. The molecule has 2 amide bonds. The third kappa shape index (κ3) is 6.36. The molecule has 194 valence electrons. The van der Waals surface area contributed by atoms with Crippen LogP contribution in [0.1, 0.15) is 22.3 Å². The van der Waals surface area contributed by atoms with E-state index in [0.29, 0.717) is 25.0 Å². The Hall–Kier alpha value is -3.37. The number of hydrogen-bond acceptors (Lipinski definition) is 6. The van der Waals surface area contributed by atoms with Crippen molar-refractivity contribution in [1.82, 2.24) is 4.90 Å². The van der Waals surface area contributed by atoms with E-state index in [2.05, 4.69) is 5.32 Å². The predicted octanol–water partition coefficient (Wildman–Crippen LogP) is 6.60. The van der Waals surface area contributed by atoms with Crippen LogP contribution in [0.15, 0.2) is 65.6 Å². The number of thioether (sulfide) groups is 1. The fraction of sp³-hybridized carbons (Fsp3) is 0.111. The smallest absolute Gasteiger partial charge is 0.335 e. The maximum Gasteiger partial charge on any atom is 0.335 e. The number of nitrogens with one attached hydrogen (secondary N) is 1. The average molecular weight is 588 g/mol. The normalized spacial score (nSPS) is 14.2. The number of nitrogens with zero attached hydrogens (tertiary/aromatic N) is 1. The molecule has 1 aliphatic heterocycles. The van der Waals surface area contributed by atoms with Crippen LogP contribution < -0.4 is 10.1 Å². The molecule has 0 atom stereocenters. The zero-order valence-electron chi connectivity index (χ0n) is 19.9. The highest BCUT2D eigenvalue weighted by atomic mass is 35.5. The molecule has 38 heavy (non-hydrogen) atoms. The van der Waals surface area contributed by atoms with Crippen molar-refractivity contribution < 1.29 is 24.2 Å². The summed E-state index contributed by atoms with van der Waals surface area (Å²) in [6.07, 6.45) is 1.72. The summed E-state index contributed by atoms with van der Waals surface area (Å²) in [6, 6.07) is 16.9. The number of ether oxygens (including phenoxy) is 1. The first-order valence-corrected chi connectivity index (χ1v) is 13.2. The zero-order valence-corrected chi connectivity index (χ0v) is 23.0. The Morgan fingerprint density at radius 2 is 1.92 bits per heavy atom. The van der Waals surface area contributed by atoms with Gasteiger partial charge in [0, 0.05) is 28.6 Å². The molecule has 2 N–H and O–H groups in total. The highest BCUT2D eigenvalue weighted by Gasteiger charge is 2.32. The van der Waals surface area contributed by atoms with Crippen LogP contribution in [0.4, 0.5) is 5.69 Å². The molecule has 0 saturated carbocycles. The van der Waals surface area contributed by atoms with Gasteiger partial charge in [0.05, 0.1) is 23.3 Å². The minimum atomic E-state index is -1.11. The van der Waals surface area contributed by atoms with Gasteiger partial charge in [-0.05, 0) is 59.7 Å². The first kappa shape index (κ1) is 27.7. The molecule has 11 heteroatoms. The molecule has 0 aliphatic carbocycles. The van der Waals surface area contributed by atoms with Crippen molar-refractivity contribution in [3.05, 3.63) is 86.7 Å². The summed E-state index contributed by atoms with van der Waals surface area (Å²) in [4.78, 5) is 38.6. The van der Waals surface area contributed by atoms with Crippen LogP contribution >= 0.6 is 47.2 Å². The number of hydrogen-bond donors (Lipinski definition) is 2. The summed E-state index contributed by atoms with van der Waals surface area (Å²) in [5, 5.41) is 12.9. The quantitative estimate of drug-likeness (QED) is 0.227. The molecule has 4 rings (SSSR count). The third-order valence-corrected chi connectivity index (χ3v) is 7.52. The highest BCUT2D eigenvalue weighted by molar-refractivity contribution is 8.26. The molecule has 1 aliphatic rings. The van der Waals surface area contributed by atoms with E-state index < -0.39 is 5.97 Å².